The van der Waals surface area contributed by atoms with Gasteiger partial charge in [0.1, 0.15) is 5.78 Å². The van der Waals surface area contributed by atoms with E-state index in [2.05, 4.69) is 5.32 Å². The van der Waals surface area contributed by atoms with E-state index in [9.17, 15) is 18.0 Å². The quantitative estimate of drug-likeness (QED) is 0.918. The van der Waals surface area contributed by atoms with Crippen LogP contribution in [0.25, 0.3) is 0 Å². The van der Waals surface area contributed by atoms with Crippen LogP contribution in [0.5, 0.6) is 0 Å². The zero-order valence-electron chi connectivity index (χ0n) is 12.3. The van der Waals surface area contributed by atoms with Crippen molar-refractivity contribution in [2.75, 3.05) is 0 Å². The Hall–Kier alpha value is -1.36. The molecule has 1 aromatic rings. The van der Waals surface area contributed by atoms with E-state index in [4.69, 9.17) is 0 Å². The van der Waals surface area contributed by atoms with Crippen molar-refractivity contribution in [3.8, 4) is 0 Å². The van der Waals surface area contributed by atoms with E-state index in [-0.39, 0.29) is 11.7 Å². The van der Waals surface area contributed by atoms with Gasteiger partial charge in [-0.2, -0.15) is 13.2 Å². The smallest absolute Gasteiger partial charge is 0.311 e. The summed E-state index contributed by atoms with van der Waals surface area (Å²) in [7, 11) is 0. The van der Waals surface area contributed by atoms with Crippen molar-refractivity contribution in [3.63, 3.8) is 0 Å². The standard InChI is InChI=1S/C17H20F3NO/c18-17(19,20)13-3-1-2-11(8-13)4-7-16(22)12-9-14-5-6-15(10-12)21-14/h1-3,8,12,14-15,21H,4-7,9-10H2. The molecule has 2 heterocycles. The summed E-state index contributed by atoms with van der Waals surface area (Å²) in [5.74, 6) is 0.292. The number of aryl methyl sites for hydroxylation is 1. The normalized spacial score (nSPS) is 27.9. The van der Waals surface area contributed by atoms with Crippen molar-refractivity contribution in [1.82, 2.24) is 5.32 Å². The van der Waals surface area contributed by atoms with Gasteiger partial charge < -0.3 is 5.32 Å². The maximum atomic E-state index is 12.7. The zero-order chi connectivity index (χ0) is 15.7. The van der Waals surface area contributed by atoms with Gasteiger partial charge in [0.05, 0.1) is 5.56 Å². The van der Waals surface area contributed by atoms with Gasteiger partial charge in [-0.15, -0.1) is 0 Å². The predicted molar refractivity (Wildman–Crippen MR) is 77.4 cm³/mol. The van der Waals surface area contributed by atoms with Crippen LogP contribution in [0.15, 0.2) is 24.3 Å². The molecular weight excluding hydrogens is 291 g/mol. The third kappa shape index (κ3) is 3.51. The topological polar surface area (TPSA) is 29.1 Å². The van der Waals surface area contributed by atoms with Crippen LogP contribution in [0, 0.1) is 5.92 Å². The summed E-state index contributed by atoms with van der Waals surface area (Å²) in [6.07, 6.45) is 0.460. The van der Waals surface area contributed by atoms with Crippen molar-refractivity contribution in [3.05, 3.63) is 35.4 Å². The number of Topliss-reactive ketones (excluding diaryl/α,β-unsaturated/α-hetero) is 1. The summed E-state index contributed by atoms with van der Waals surface area (Å²) in [5, 5.41) is 3.50. The number of carbonyl (C=O) groups is 1. The summed E-state index contributed by atoms with van der Waals surface area (Å²) >= 11 is 0. The average molecular weight is 311 g/mol. The number of alkyl halides is 3. The second kappa shape index (κ2) is 6.03. The number of hydrogen-bond acceptors (Lipinski definition) is 2. The molecule has 2 atom stereocenters. The molecular formula is C17H20F3NO. The van der Waals surface area contributed by atoms with Gasteiger partial charge in [-0.05, 0) is 43.7 Å². The van der Waals surface area contributed by atoms with Crippen LogP contribution in [0.1, 0.15) is 43.2 Å². The Morgan fingerprint density at radius 3 is 2.50 bits per heavy atom. The predicted octanol–water partition coefficient (Wildman–Crippen LogP) is 3.74. The molecule has 1 aromatic carbocycles. The highest BCUT2D eigenvalue weighted by molar-refractivity contribution is 5.81. The molecule has 0 aromatic heterocycles. The highest BCUT2D eigenvalue weighted by Crippen LogP contribution is 2.33. The summed E-state index contributed by atoms with van der Waals surface area (Å²) in [6, 6.07) is 6.21. The maximum absolute atomic E-state index is 12.7. The fraction of sp³-hybridized carbons (Fsp3) is 0.588. The first-order valence-electron chi connectivity index (χ1n) is 7.87. The SMILES string of the molecule is O=C(CCc1cccc(C(F)(F)F)c1)C1CC2CCC(C1)N2. The van der Waals surface area contributed by atoms with Crippen LogP contribution < -0.4 is 5.32 Å². The van der Waals surface area contributed by atoms with Gasteiger partial charge in [0.25, 0.3) is 0 Å². The molecule has 0 spiro atoms. The lowest BCUT2D eigenvalue weighted by molar-refractivity contribution is -0.137. The number of ketones is 1. The summed E-state index contributed by atoms with van der Waals surface area (Å²) < 4.78 is 38.0. The second-order valence-electron chi connectivity index (χ2n) is 6.47. The molecule has 2 aliphatic heterocycles. The van der Waals surface area contributed by atoms with Gasteiger partial charge in [-0.3, -0.25) is 4.79 Å². The van der Waals surface area contributed by atoms with E-state index >= 15 is 0 Å². The zero-order valence-corrected chi connectivity index (χ0v) is 12.3. The molecule has 2 unspecified atom stereocenters. The summed E-state index contributed by atoms with van der Waals surface area (Å²) in [6.45, 7) is 0. The molecule has 2 bridgehead atoms. The molecule has 2 nitrogen and oxygen atoms in total. The Kier molecular flexibility index (Phi) is 4.26. The van der Waals surface area contributed by atoms with Crippen LogP contribution in [0.4, 0.5) is 13.2 Å². The van der Waals surface area contributed by atoms with Crippen LogP contribution >= 0.6 is 0 Å². The third-order valence-electron chi connectivity index (χ3n) is 4.84. The number of benzene rings is 1. The van der Waals surface area contributed by atoms with Gasteiger partial charge in [-0.25, -0.2) is 0 Å². The Bertz CT molecular complexity index is 543. The van der Waals surface area contributed by atoms with E-state index in [1.807, 2.05) is 0 Å². The molecule has 0 radical (unpaired) electrons. The van der Waals surface area contributed by atoms with Crippen LogP contribution in [0.3, 0.4) is 0 Å². The second-order valence-corrected chi connectivity index (χ2v) is 6.47. The largest absolute Gasteiger partial charge is 0.416 e. The Morgan fingerprint density at radius 2 is 1.86 bits per heavy atom. The first-order chi connectivity index (χ1) is 10.4. The lowest BCUT2D eigenvalue weighted by atomic mass is 9.86. The van der Waals surface area contributed by atoms with E-state index in [1.54, 1.807) is 6.07 Å². The van der Waals surface area contributed by atoms with E-state index in [1.165, 1.54) is 6.07 Å². The van der Waals surface area contributed by atoms with Crippen molar-refractivity contribution < 1.29 is 18.0 Å². The van der Waals surface area contributed by atoms with Crippen LogP contribution in [-0.4, -0.2) is 17.9 Å². The Morgan fingerprint density at radius 1 is 1.18 bits per heavy atom. The number of halogens is 3. The Balaban J connectivity index is 1.57. The number of hydrogen-bond donors (Lipinski definition) is 1. The number of carbonyl (C=O) groups excluding carboxylic acids is 1. The van der Waals surface area contributed by atoms with Gasteiger partial charge >= 0.3 is 6.18 Å². The molecule has 0 aliphatic carbocycles. The molecule has 2 aliphatic rings. The lowest BCUT2D eigenvalue weighted by Gasteiger charge is -2.28. The van der Waals surface area contributed by atoms with Gasteiger partial charge in [-0.1, -0.05) is 18.2 Å². The molecule has 22 heavy (non-hydrogen) atoms. The van der Waals surface area contributed by atoms with Crippen molar-refractivity contribution in [2.45, 2.75) is 56.8 Å². The Labute approximate surface area is 128 Å². The van der Waals surface area contributed by atoms with Gasteiger partial charge in [0, 0.05) is 24.4 Å². The number of rotatable bonds is 4. The lowest BCUT2D eigenvalue weighted by Crippen LogP contribution is -2.40. The first-order valence-corrected chi connectivity index (χ1v) is 7.87. The fourth-order valence-corrected chi connectivity index (χ4v) is 3.69. The highest BCUT2D eigenvalue weighted by atomic mass is 19.4. The van der Waals surface area contributed by atoms with Crippen molar-refractivity contribution in [1.29, 1.82) is 0 Å². The molecule has 5 heteroatoms. The monoisotopic (exact) mass is 311 g/mol. The molecule has 2 fully saturated rings. The third-order valence-corrected chi connectivity index (χ3v) is 4.84. The van der Waals surface area contributed by atoms with E-state index in [0.717, 1.165) is 37.8 Å². The average Bonchev–Trinajstić information content (AvgIpc) is 2.82. The van der Waals surface area contributed by atoms with Gasteiger partial charge in [0.2, 0.25) is 0 Å². The van der Waals surface area contributed by atoms with Crippen molar-refractivity contribution >= 4 is 5.78 Å². The number of piperidine rings is 1. The minimum absolute atomic E-state index is 0.0875. The minimum atomic E-state index is -4.33. The molecule has 2 saturated heterocycles. The highest BCUT2D eigenvalue weighted by Gasteiger charge is 2.36. The first kappa shape index (κ1) is 15.5. The van der Waals surface area contributed by atoms with Gasteiger partial charge in [0.15, 0.2) is 0 Å². The molecule has 1 N–H and O–H groups in total. The van der Waals surface area contributed by atoms with Crippen LogP contribution in [0.2, 0.25) is 0 Å². The van der Waals surface area contributed by atoms with E-state index < -0.39 is 11.7 Å². The summed E-state index contributed by atoms with van der Waals surface area (Å²) in [5.41, 5.74) is -0.0579. The molecule has 0 saturated carbocycles. The van der Waals surface area contributed by atoms with E-state index in [0.29, 0.717) is 30.5 Å². The summed E-state index contributed by atoms with van der Waals surface area (Å²) in [4.78, 5) is 12.3. The number of nitrogens with one attached hydrogen (secondary N) is 1. The molecule has 0 amide bonds. The minimum Gasteiger partial charge on any atom is -0.311 e. The molecule has 3 rings (SSSR count). The maximum Gasteiger partial charge on any atom is 0.416 e. The van der Waals surface area contributed by atoms with Crippen LogP contribution in [-0.2, 0) is 17.4 Å². The number of fused-ring (bicyclic) bond motifs is 2. The molecule has 120 valence electrons. The van der Waals surface area contributed by atoms with Crippen molar-refractivity contribution in [2.24, 2.45) is 5.92 Å². The fourth-order valence-electron chi connectivity index (χ4n) is 3.69.